The van der Waals surface area contributed by atoms with Crippen molar-refractivity contribution in [2.24, 2.45) is 10.9 Å². The lowest BCUT2D eigenvalue weighted by Gasteiger charge is -2.27. The first-order valence-electron chi connectivity index (χ1n) is 6.85. The molecular weight excluding hydrogens is 264 g/mol. The molecule has 1 aliphatic rings. The second-order valence-corrected chi connectivity index (χ2v) is 5.03. The SMILES string of the molecule is N/C(=N/O)c1cc(F)c(N2CCCCCCC2)c(F)c1. The summed E-state index contributed by atoms with van der Waals surface area (Å²) in [5, 5.41) is 11.3. The van der Waals surface area contributed by atoms with Crippen molar-refractivity contribution in [1.29, 1.82) is 0 Å². The van der Waals surface area contributed by atoms with Crippen molar-refractivity contribution in [3.63, 3.8) is 0 Å². The first kappa shape index (κ1) is 14.6. The van der Waals surface area contributed by atoms with E-state index in [2.05, 4.69) is 5.16 Å². The second kappa shape index (κ2) is 6.54. The molecule has 1 heterocycles. The van der Waals surface area contributed by atoms with Crippen LogP contribution in [0, 0.1) is 11.6 Å². The zero-order chi connectivity index (χ0) is 14.5. The zero-order valence-electron chi connectivity index (χ0n) is 11.3. The van der Waals surface area contributed by atoms with E-state index < -0.39 is 11.6 Å². The Morgan fingerprint density at radius 1 is 1.05 bits per heavy atom. The maximum atomic E-state index is 14.2. The molecule has 1 saturated heterocycles. The maximum absolute atomic E-state index is 14.2. The third-order valence-corrected chi connectivity index (χ3v) is 3.59. The molecule has 0 amide bonds. The molecule has 0 spiro atoms. The molecule has 2 rings (SSSR count). The van der Waals surface area contributed by atoms with Gasteiger partial charge in [0.05, 0.1) is 0 Å². The fourth-order valence-corrected chi connectivity index (χ4v) is 2.54. The highest BCUT2D eigenvalue weighted by atomic mass is 19.1. The molecule has 0 aliphatic carbocycles. The summed E-state index contributed by atoms with van der Waals surface area (Å²) in [5.41, 5.74) is 5.39. The van der Waals surface area contributed by atoms with Gasteiger partial charge in [-0.15, -0.1) is 0 Å². The van der Waals surface area contributed by atoms with Crippen LogP contribution in [0.5, 0.6) is 0 Å². The fraction of sp³-hybridized carbons (Fsp3) is 0.500. The van der Waals surface area contributed by atoms with Crippen LogP contribution >= 0.6 is 0 Å². The van der Waals surface area contributed by atoms with Crippen LogP contribution in [0.2, 0.25) is 0 Å². The normalized spacial score (nSPS) is 17.7. The molecule has 1 aromatic rings. The predicted molar refractivity (Wildman–Crippen MR) is 74.2 cm³/mol. The Labute approximate surface area is 116 Å². The number of hydrogen-bond acceptors (Lipinski definition) is 3. The van der Waals surface area contributed by atoms with Gasteiger partial charge in [0.25, 0.3) is 0 Å². The summed E-state index contributed by atoms with van der Waals surface area (Å²) >= 11 is 0. The number of hydrogen-bond donors (Lipinski definition) is 2. The molecule has 1 fully saturated rings. The topological polar surface area (TPSA) is 61.9 Å². The standard InChI is InChI=1S/C14H19F2N3O/c15-11-8-10(14(17)18-20)9-12(16)13(11)19-6-4-2-1-3-5-7-19/h8-9,20H,1-7H2,(H2,17,18). The Morgan fingerprint density at radius 3 is 2.05 bits per heavy atom. The first-order chi connectivity index (χ1) is 9.63. The summed E-state index contributed by atoms with van der Waals surface area (Å²) in [6, 6.07) is 2.21. The van der Waals surface area contributed by atoms with E-state index in [1.807, 2.05) is 0 Å². The molecule has 1 aliphatic heterocycles. The number of halogens is 2. The summed E-state index contributed by atoms with van der Waals surface area (Å²) < 4.78 is 28.3. The van der Waals surface area contributed by atoms with Gasteiger partial charge in [0.15, 0.2) is 5.84 Å². The second-order valence-electron chi connectivity index (χ2n) is 5.03. The number of amidine groups is 1. The number of benzene rings is 1. The Hall–Kier alpha value is -1.85. The Morgan fingerprint density at radius 2 is 1.55 bits per heavy atom. The number of nitrogens with two attached hydrogens (primary N) is 1. The highest BCUT2D eigenvalue weighted by molar-refractivity contribution is 5.97. The summed E-state index contributed by atoms with van der Waals surface area (Å²) in [6.45, 7) is 1.30. The van der Waals surface area contributed by atoms with Gasteiger partial charge in [0, 0.05) is 18.7 Å². The van der Waals surface area contributed by atoms with E-state index in [0.29, 0.717) is 13.1 Å². The highest BCUT2D eigenvalue weighted by Crippen LogP contribution is 2.27. The summed E-state index contributed by atoms with van der Waals surface area (Å²) in [6.07, 6.45) is 5.22. The molecule has 0 bridgehead atoms. The van der Waals surface area contributed by atoms with Crippen molar-refractivity contribution in [2.75, 3.05) is 18.0 Å². The van der Waals surface area contributed by atoms with Gasteiger partial charge in [-0.05, 0) is 25.0 Å². The predicted octanol–water partition coefficient (Wildman–Crippen LogP) is 2.83. The largest absolute Gasteiger partial charge is 0.409 e. The Kier molecular flexibility index (Phi) is 4.76. The minimum absolute atomic E-state index is 0.0126. The molecule has 0 aromatic heterocycles. The molecule has 110 valence electrons. The van der Waals surface area contributed by atoms with Crippen molar-refractivity contribution in [3.05, 3.63) is 29.3 Å². The Balaban J connectivity index is 2.31. The molecule has 0 unspecified atom stereocenters. The first-order valence-corrected chi connectivity index (χ1v) is 6.85. The fourth-order valence-electron chi connectivity index (χ4n) is 2.54. The zero-order valence-corrected chi connectivity index (χ0v) is 11.3. The average Bonchev–Trinajstić information content (AvgIpc) is 2.38. The van der Waals surface area contributed by atoms with Crippen LogP contribution in [0.15, 0.2) is 17.3 Å². The highest BCUT2D eigenvalue weighted by Gasteiger charge is 2.19. The molecule has 1 aromatic carbocycles. The number of rotatable bonds is 2. The molecule has 0 atom stereocenters. The van der Waals surface area contributed by atoms with Crippen LogP contribution in [-0.4, -0.2) is 24.1 Å². The van der Waals surface area contributed by atoms with Crippen molar-refractivity contribution in [1.82, 2.24) is 0 Å². The number of nitrogens with zero attached hydrogens (tertiary/aromatic N) is 2. The molecule has 0 saturated carbocycles. The molecule has 0 radical (unpaired) electrons. The van der Waals surface area contributed by atoms with Gasteiger partial charge < -0.3 is 15.8 Å². The monoisotopic (exact) mass is 283 g/mol. The maximum Gasteiger partial charge on any atom is 0.170 e. The lowest BCUT2D eigenvalue weighted by molar-refractivity contribution is 0.318. The third kappa shape index (κ3) is 3.18. The molecule has 20 heavy (non-hydrogen) atoms. The van der Waals surface area contributed by atoms with Gasteiger partial charge in [-0.25, -0.2) is 8.78 Å². The van der Waals surface area contributed by atoms with E-state index in [9.17, 15) is 8.78 Å². The van der Waals surface area contributed by atoms with Crippen LogP contribution in [0.25, 0.3) is 0 Å². The summed E-state index contributed by atoms with van der Waals surface area (Å²) in [4.78, 5) is 1.75. The molecule has 3 N–H and O–H groups in total. The lowest BCUT2D eigenvalue weighted by Crippen LogP contribution is -2.29. The molecule has 6 heteroatoms. The van der Waals surface area contributed by atoms with Crippen molar-refractivity contribution in [3.8, 4) is 0 Å². The summed E-state index contributed by atoms with van der Waals surface area (Å²) in [5.74, 6) is -1.65. The van der Waals surface area contributed by atoms with Gasteiger partial charge in [-0.3, -0.25) is 0 Å². The van der Waals surface area contributed by atoms with Crippen LogP contribution in [0.4, 0.5) is 14.5 Å². The van der Waals surface area contributed by atoms with E-state index in [1.54, 1.807) is 4.90 Å². The van der Waals surface area contributed by atoms with Gasteiger partial charge in [-0.1, -0.05) is 24.4 Å². The van der Waals surface area contributed by atoms with Gasteiger partial charge >= 0.3 is 0 Å². The van der Waals surface area contributed by atoms with Crippen LogP contribution in [0.1, 0.15) is 37.7 Å². The van der Waals surface area contributed by atoms with Crippen molar-refractivity contribution >= 4 is 11.5 Å². The van der Waals surface area contributed by atoms with Gasteiger partial charge in [-0.2, -0.15) is 0 Å². The van der Waals surface area contributed by atoms with Crippen LogP contribution in [0.3, 0.4) is 0 Å². The van der Waals surface area contributed by atoms with E-state index >= 15 is 0 Å². The molecule has 4 nitrogen and oxygen atoms in total. The van der Waals surface area contributed by atoms with Crippen LogP contribution in [-0.2, 0) is 0 Å². The van der Waals surface area contributed by atoms with Crippen molar-refractivity contribution in [2.45, 2.75) is 32.1 Å². The van der Waals surface area contributed by atoms with E-state index in [1.165, 1.54) is 6.42 Å². The average molecular weight is 283 g/mol. The smallest absolute Gasteiger partial charge is 0.170 e. The number of oxime groups is 1. The van der Waals surface area contributed by atoms with E-state index in [-0.39, 0.29) is 17.1 Å². The Bertz CT molecular complexity index is 474. The molecular formula is C14H19F2N3O. The van der Waals surface area contributed by atoms with Gasteiger partial charge in [0.1, 0.15) is 17.3 Å². The summed E-state index contributed by atoms with van der Waals surface area (Å²) in [7, 11) is 0. The van der Waals surface area contributed by atoms with E-state index in [0.717, 1.165) is 37.8 Å². The van der Waals surface area contributed by atoms with E-state index in [4.69, 9.17) is 10.9 Å². The van der Waals surface area contributed by atoms with Crippen LogP contribution < -0.4 is 10.6 Å². The number of anilines is 1. The minimum Gasteiger partial charge on any atom is -0.409 e. The minimum atomic E-state index is -0.674. The third-order valence-electron chi connectivity index (χ3n) is 3.59. The quantitative estimate of drug-likeness (QED) is 0.380. The van der Waals surface area contributed by atoms with Crippen molar-refractivity contribution < 1.29 is 14.0 Å². The lowest BCUT2D eigenvalue weighted by atomic mass is 10.1. The van der Waals surface area contributed by atoms with Gasteiger partial charge in [0.2, 0.25) is 0 Å².